The van der Waals surface area contributed by atoms with Gasteiger partial charge in [0.25, 0.3) is 5.56 Å². The first kappa shape index (κ1) is 22.4. The Morgan fingerprint density at radius 1 is 0.970 bits per heavy atom. The number of rotatable bonds is 7. The molecule has 0 saturated carbocycles. The molecule has 168 valence electrons. The highest BCUT2D eigenvalue weighted by molar-refractivity contribution is 8.00. The average Bonchev–Trinajstić information content (AvgIpc) is 2.84. The molecule has 1 atom stereocenters. The fourth-order valence-corrected chi connectivity index (χ4v) is 4.29. The van der Waals surface area contributed by atoms with E-state index in [0.717, 1.165) is 0 Å². The summed E-state index contributed by atoms with van der Waals surface area (Å²) in [6, 6.07) is 21.6. The maximum atomic E-state index is 13.5. The molecule has 1 aromatic heterocycles. The average molecular weight is 462 g/mol. The normalized spacial score (nSPS) is 11.7. The minimum atomic E-state index is -0.510. The molecule has 7 nitrogen and oxygen atoms in total. The third kappa shape index (κ3) is 4.70. The lowest BCUT2D eigenvalue weighted by Gasteiger charge is -2.17. The van der Waals surface area contributed by atoms with E-state index in [9.17, 15) is 9.59 Å². The maximum Gasteiger partial charge on any atom is 0.266 e. The lowest BCUT2D eigenvalue weighted by molar-refractivity contribution is -0.115. The molecule has 3 aromatic carbocycles. The summed E-state index contributed by atoms with van der Waals surface area (Å²) in [7, 11) is 3.09. The second-order valence-corrected chi connectivity index (χ2v) is 8.51. The number of amides is 1. The second kappa shape index (κ2) is 9.79. The van der Waals surface area contributed by atoms with E-state index in [1.807, 2.05) is 36.4 Å². The van der Waals surface area contributed by atoms with Crippen LogP contribution in [0.5, 0.6) is 11.5 Å². The molecule has 1 N–H and O–H groups in total. The highest BCUT2D eigenvalue weighted by Crippen LogP contribution is 2.31. The summed E-state index contributed by atoms with van der Waals surface area (Å²) >= 11 is 1.21. The van der Waals surface area contributed by atoms with Gasteiger partial charge < -0.3 is 14.8 Å². The summed E-state index contributed by atoms with van der Waals surface area (Å²) in [5.41, 5.74) is 1.61. The molecule has 33 heavy (non-hydrogen) atoms. The summed E-state index contributed by atoms with van der Waals surface area (Å²) in [5, 5.41) is 3.27. The Bertz CT molecular complexity index is 1360. The van der Waals surface area contributed by atoms with Gasteiger partial charge in [0.15, 0.2) is 16.7 Å². The fraction of sp³-hybridized carbons (Fsp3) is 0.160. The van der Waals surface area contributed by atoms with Crippen LogP contribution in [0.1, 0.15) is 6.92 Å². The van der Waals surface area contributed by atoms with Crippen LogP contribution in [0.2, 0.25) is 0 Å². The van der Waals surface area contributed by atoms with Crippen LogP contribution in [0.3, 0.4) is 0 Å². The predicted molar refractivity (Wildman–Crippen MR) is 131 cm³/mol. The van der Waals surface area contributed by atoms with Gasteiger partial charge >= 0.3 is 0 Å². The molecular formula is C25H23N3O4S. The molecule has 0 saturated heterocycles. The number of hydrogen-bond donors (Lipinski definition) is 1. The van der Waals surface area contributed by atoms with Crippen LogP contribution in [0.25, 0.3) is 16.6 Å². The van der Waals surface area contributed by atoms with Crippen molar-refractivity contribution < 1.29 is 14.3 Å². The molecule has 1 heterocycles. The standard InChI is InChI=1S/C25H23N3O4S/c1-16(23(29)26-17-9-5-4-6-10-17)33-25-27-20-12-8-7-11-19(20)24(30)28(25)18-13-14-21(31-2)22(15-18)32-3/h4-16H,1-3H3,(H,26,29). The van der Waals surface area contributed by atoms with Gasteiger partial charge in [-0.2, -0.15) is 0 Å². The Morgan fingerprint density at radius 3 is 2.39 bits per heavy atom. The summed E-state index contributed by atoms with van der Waals surface area (Å²) in [5.74, 6) is 0.848. The van der Waals surface area contributed by atoms with Crippen molar-refractivity contribution in [3.63, 3.8) is 0 Å². The Labute approximate surface area is 195 Å². The summed E-state index contributed by atoms with van der Waals surface area (Å²) in [6.45, 7) is 1.78. The van der Waals surface area contributed by atoms with E-state index in [1.165, 1.54) is 23.4 Å². The van der Waals surface area contributed by atoms with Gasteiger partial charge in [-0.1, -0.05) is 42.1 Å². The number of benzene rings is 3. The van der Waals surface area contributed by atoms with Crippen LogP contribution in [0, 0.1) is 0 Å². The van der Waals surface area contributed by atoms with E-state index in [-0.39, 0.29) is 11.5 Å². The number of anilines is 1. The smallest absolute Gasteiger partial charge is 0.266 e. The predicted octanol–water partition coefficient (Wildman–Crippen LogP) is 4.52. The number of nitrogens with one attached hydrogen (secondary N) is 1. The zero-order valence-electron chi connectivity index (χ0n) is 18.4. The van der Waals surface area contributed by atoms with E-state index in [2.05, 4.69) is 5.32 Å². The molecule has 0 aliphatic rings. The van der Waals surface area contributed by atoms with Crippen molar-refractivity contribution in [2.45, 2.75) is 17.3 Å². The Balaban J connectivity index is 1.77. The van der Waals surface area contributed by atoms with E-state index in [0.29, 0.717) is 38.9 Å². The topological polar surface area (TPSA) is 82.5 Å². The van der Waals surface area contributed by atoms with Gasteiger partial charge in [-0.15, -0.1) is 0 Å². The zero-order chi connectivity index (χ0) is 23.4. The molecule has 4 aromatic rings. The number of nitrogens with zero attached hydrogens (tertiary/aromatic N) is 2. The zero-order valence-corrected chi connectivity index (χ0v) is 19.3. The van der Waals surface area contributed by atoms with Gasteiger partial charge in [0.1, 0.15) is 0 Å². The molecule has 8 heteroatoms. The van der Waals surface area contributed by atoms with Gasteiger partial charge in [-0.25, -0.2) is 4.98 Å². The minimum Gasteiger partial charge on any atom is -0.493 e. The SMILES string of the molecule is COc1ccc(-n2c(SC(C)C(=O)Nc3ccccc3)nc3ccccc3c2=O)cc1OC. The number of hydrogen-bond acceptors (Lipinski definition) is 6. The van der Waals surface area contributed by atoms with Crippen molar-refractivity contribution in [2.75, 3.05) is 19.5 Å². The van der Waals surface area contributed by atoms with E-state index in [1.54, 1.807) is 50.4 Å². The van der Waals surface area contributed by atoms with Crippen molar-refractivity contribution in [2.24, 2.45) is 0 Å². The first-order chi connectivity index (χ1) is 16.0. The molecule has 1 unspecified atom stereocenters. The van der Waals surface area contributed by atoms with Crippen molar-refractivity contribution in [3.8, 4) is 17.2 Å². The Kier molecular flexibility index (Phi) is 6.65. The maximum absolute atomic E-state index is 13.5. The molecule has 4 rings (SSSR count). The molecule has 0 radical (unpaired) electrons. The highest BCUT2D eigenvalue weighted by Gasteiger charge is 2.21. The van der Waals surface area contributed by atoms with Crippen molar-refractivity contribution in [3.05, 3.63) is 83.2 Å². The quantitative estimate of drug-likeness (QED) is 0.322. The number of carbonyl (C=O) groups is 1. The van der Waals surface area contributed by atoms with Gasteiger partial charge in [0.2, 0.25) is 5.91 Å². The van der Waals surface area contributed by atoms with Crippen LogP contribution in [-0.4, -0.2) is 34.9 Å². The van der Waals surface area contributed by atoms with E-state index in [4.69, 9.17) is 14.5 Å². The molecule has 0 fully saturated rings. The van der Waals surface area contributed by atoms with Crippen molar-refractivity contribution in [1.82, 2.24) is 9.55 Å². The number of aromatic nitrogens is 2. The lowest BCUT2D eigenvalue weighted by Crippen LogP contribution is -2.26. The number of ether oxygens (including phenoxy) is 2. The molecule has 0 aliphatic carbocycles. The highest BCUT2D eigenvalue weighted by atomic mass is 32.2. The molecular weight excluding hydrogens is 438 g/mol. The van der Waals surface area contributed by atoms with Gasteiger partial charge in [0, 0.05) is 11.8 Å². The van der Waals surface area contributed by atoms with Gasteiger partial charge in [-0.05, 0) is 43.3 Å². The number of thioether (sulfide) groups is 1. The van der Waals surface area contributed by atoms with Crippen molar-refractivity contribution in [1.29, 1.82) is 0 Å². The summed E-state index contributed by atoms with van der Waals surface area (Å²) < 4.78 is 12.2. The van der Waals surface area contributed by atoms with E-state index < -0.39 is 5.25 Å². The fourth-order valence-electron chi connectivity index (χ4n) is 3.36. The van der Waals surface area contributed by atoms with Crippen LogP contribution >= 0.6 is 11.8 Å². The Hall–Kier alpha value is -3.78. The van der Waals surface area contributed by atoms with Crippen LogP contribution < -0.4 is 20.3 Å². The molecule has 0 spiro atoms. The number of carbonyl (C=O) groups excluding carboxylic acids is 1. The minimum absolute atomic E-state index is 0.188. The molecule has 0 aliphatic heterocycles. The summed E-state index contributed by atoms with van der Waals surface area (Å²) in [4.78, 5) is 31.0. The second-order valence-electron chi connectivity index (χ2n) is 7.21. The molecule has 0 bridgehead atoms. The number of fused-ring (bicyclic) bond motifs is 1. The monoisotopic (exact) mass is 461 g/mol. The largest absolute Gasteiger partial charge is 0.493 e. The number of para-hydroxylation sites is 2. The lowest BCUT2D eigenvalue weighted by atomic mass is 10.2. The summed E-state index contributed by atoms with van der Waals surface area (Å²) in [6.07, 6.45) is 0. The van der Waals surface area contributed by atoms with Gasteiger partial charge in [-0.3, -0.25) is 14.2 Å². The first-order valence-electron chi connectivity index (χ1n) is 10.3. The van der Waals surface area contributed by atoms with Crippen LogP contribution in [0.15, 0.2) is 82.7 Å². The van der Waals surface area contributed by atoms with Crippen LogP contribution in [0.4, 0.5) is 5.69 Å². The molecule has 1 amide bonds. The Morgan fingerprint density at radius 2 is 1.67 bits per heavy atom. The van der Waals surface area contributed by atoms with Crippen LogP contribution in [-0.2, 0) is 4.79 Å². The first-order valence-corrected chi connectivity index (χ1v) is 11.2. The third-order valence-corrected chi connectivity index (χ3v) is 6.12. The van der Waals surface area contributed by atoms with E-state index >= 15 is 0 Å². The number of methoxy groups -OCH3 is 2. The van der Waals surface area contributed by atoms with Crippen molar-refractivity contribution >= 4 is 34.3 Å². The van der Waals surface area contributed by atoms with Gasteiger partial charge in [0.05, 0.1) is 36.1 Å². The third-order valence-electron chi connectivity index (χ3n) is 5.06.